The summed E-state index contributed by atoms with van der Waals surface area (Å²) >= 11 is 0. The van der Waals surface area contributed by atoms with E-state index >= 15 is 0 Å². The number of rotatable bonds is 4. The number of benzene rings is 3. The van der Waals surface area contributed by atoms with Gasteiger partial charge in [0.15, 0.2) is 0 Å². The summed E-state index contributed by atoms with van der Waals surface area (Å²) in [4.78, 5) is 0. The van der Waals surface area contributed by atoms with Gasteiger partial charge in [-0.25, -0.2) is 0 Å². The summed E-state index contributed by atoms with van der Waals surface area (Å²) in [7, 11) is 0. The van der Waals surface area contributed by atoms with Crippen molar-refractivity contribution in [3.05, 3.63) is 102 Å². The molecule has 3 aromatic rings. The van der Waals surface area contributed by atoms with Gasteiger partial charge in [-0.2, -0.15) is 0 Å². The van der Waals surface area contributed by atoms with Gasteiger partial charge in [-0.3, -0.25) is 0 Å². The zero-order chi connectivity index (χ0) is 15.4. The van der Waals surface area contributed by atoms with Gasteiger partial charge in [0.25, 0.3) is 0 Å². The highest BCUT2D eigenvalue weighted by atomic mass is 14.7. The SMILES string of the molecule is Nc1ccccc1CC(N)(c1ccccc1)c1ccccc1. The second kappa shape index (κ2) is 6.04. The van der Waals surface area contributed by atoms with Crippen LogP contribution in [0.25, 0.3) is 0 Å². The molecule has 0 saturated carbocycles. The minimum absolute atomic E-state index is 0.599. The molecule has 110 valence electrons. The number of hydrogen-bond acceptors (Lipinski definition) is 2. The molecule has 4 N–H and O–H groups in total. The van der Waals surface area contributed by atoms with E-state index < -0.39 is 5.54 Å². The van der Waals surface area contributed by atoms with Crippen molar-refractivity contribution >= 4 is 5.69 Å². The van der Waals surface area contributed by atoms with Crippen LogP contribution in [-0.4, -0.2) is 0 Å². The summed E-state index contributed by atoms with van der Waals surface area (Å²) in [5, 5.41) is 0. The molecule has 22 heavy (non-hydrogen) atoms. The Bertz CT molecular complexity index is 696. The normalized spacial score (nSPS) is 11.3. The molecule has 0 saturated heterocycles. The lowest BCUT2D eigenvalue weighted by Crippen LogP contribution is -2.40. The number of hydrogen-bond donors (Lipinski definition) is 2. The third-order valence-corrected chi connectivity index (χ3v) is 4.10. The summed E-state index contributed by atoms with van der Waals surface area (Å²) in [5.74, 6) is 0. The van der Waals surface area contributed by atoms with Crippen LogP contribution in [0.5, 0.6) is 0 Å². The Morgan fingerprint density at radius 3 is 1.59 bits per heavy atom. The quantitative estimate of drug-likeness (QED) is 0.719. The molecular weight excluding hydrogens is 268 g/mol. The van der Waals surface area contributed by atoms with Crippen molar-refractivity contribution in [2.75, 3.05) is 5.73 Å². The molecule has 2 heteroatoms. The molecule has 0 bridgehead atoms. The molecule has 0 heterocycles. The molecule has 0 amide bonds. The minimum Gasteiger partial charge on any atom is -0.399 e. The predicted octanol–water partition coefficient (Wildman–Crippen LogP) is 3.71. The maximum absolute atomic E-state index is 6.89. The van der Waals surface area contributed by atoms with Gasteiger partial charge in [-0.05, 0) is 22.8 Å². The van der Waals surface area contributed by atoms with E-state index in [-0.39, 0.29) is 0 Å². The topological polar surface area (TPSA) is 52.0 Å². The number of nitrogens with two attached hydrogens (primary N) is 2. The highest BCUT2D eigenvalue weighted by molar-refractivity contribution is 5.50. The highest BCUT2D eigenvalue weighted by Gasteiger charge is 2.30. The van der Waals surface area contributed by atoms with Crippen molar-refractivity contribution in [3.8, 4) is 0 Å². The van der Waals surface area contributed by atoms with Crippen LogP contribution >= 0.6 is 0 Å². The second-order valence-electron chi connectivity index (χ2n) is 5.58. The third-order valence-electron chi connectivity index (χ3n) is 4.10. The van der Waals surface area contributed by atoms with E-state index in [4.69, 9.17) is 11.5 Å². The van der Waals surface area contributed by atoms with Crippen molar-refractivity contribution in [2.45, 2.75) is 12.0 Å². The van der Waals surface area contributed by atoms with E-state index in [0.717, 1.165) is 22.4 Å². The molecule has 3 rings (SSSR count). The largest absolute Gasteiger partial charge is 0.399 e. The van der Waals surface area contributed by atoms with E-state index in [0.29, 0.717) is 6.42 Å². The van der Waals surface area contributed by atoms with E-state index in [1.54, 1.807) is 0 Å². The van der Waals surface area contributed by atoms with E-state index in [9.17, 15) is 0 Å². The van der Waals surface area contributed by atoms with Crippen LogP contribution in [0.15, 0.2) is 84.9 Å². The molecule has 0 spiro atoms. The molecule has 3 aromatic carbocycles. The van der Waals surface area contributed by atoms with Crippen LogP contribution in [-0.2, 0) is 12.0 Å². The minimum atomic E-state index is -0.599. The summed E-state index contributed by atoms with van der Waals surface area (Å²) in [6.07, 6.45) is 0.660. The number of anilines is 1. The van der Waals surface area contributed by atoms with E-state index in [1.165, 1.54) is 0 Å². The van der Waals surface area contributed by atoms with Gasteiger partial charge < -0.3 is 11.5 Å². The van der Waals surface area contributed by atoms with Crippen LogP contribution in [0.4, 0.5) is 5.69 Å². The fourth-order valence-corrected chi connectivity index (χ4v) is 2.84. The predicted molar refractivity (Wildman–Crippen MR) is 92.4 cm³/mol. The molecular formula is C20H20N2. The van der Waals surface area contributed by atoms with Crippen LogP contribution in [0.3, 0.4) is 0 Å². The Kier molecular flexibility index (Phi) is 3.94. The smallest absolute Gasteiger partial charge is 0.0707 e. The first-order valence-corrected chi connectivity index (χ1v) is 7.43. The molecule has 0 fully saturated rings. The lowest BCUT2D eigenvalue weighted by atomic mass is 9.78. The summed E-state index contributed by atoms with van der Waals surface area (Å²) in [6.45, 7) is 0. The first-order chi connectivity index (χ1) is 10.7. The van der Waals surface area contributed by atoms with Crippen molar-refractivity contribution in [3.63, 3.8) is 0 Å². The Hall–Kier alpha value is -2.58. The van der Waals surface area contributed by atoms with E-state index in [1.807, 2.05) is 60.7 Å². The molecule has 2 nitrogen and oxygen atoms in total. The van der Waals surface area contributed by atoms with Gasteiger partial charge >= 0.3 is 0 Å². The van der Waals surface area contributed by atoms with Crippen molar-refractivity contribution in [2.24, 2.45) is 5.73 Å². The monoisotopic (exact) mass is 288 g/mol. The Balaban J connectivity index is 2.10. The zero-order valence-electron chi connectivity index (χ0n) is 12.4. The van der Waals surface area contributed by atoms with Gasteiger partial charge in [0, 0.05) is 12.1 Å². The average Bonchev–Trinajstić information content (AvgIpc) is 2.58. The van der Waals surface area contributed by atoms with E-state index in [2.05, 4.69) is 24.3 Å². The Morgan fingerprint density at radius 1 is 0.636 bits per heavy atom. The van der Waals surface area contributed by atoms with Gasteiger partial charge in [-0.1, -0.05) is 78.9 Å². The lowest BCUT2D eigenvalue weighted by Gasteiger charge is -2.31. The summed E-state index contributed by atoms with van der Waals surface area (Å²) in [5.41, 5.74) is 16.4. The molecule has 0 unspecified atom stereocenters. The van der Waals surface area contributed by atoms with Crippen LogP contribution in [0, 0.1) is 0 Å². The molecule has 0 aliphatic carbocycles. The molecule has 0 aliphatic rings. The maximum Gasteiger partial charge on any atom is 0.0707 e. The standard InChI is InChI=1S/C20H20N2/c21-19-14-8-7-9-16(19)15-20(22,17-10-3-1-4-11-17)18-12-5-2-6-13-18/h1-14H,15,21-22H2. The lowest BCUT2D eigenvalue weighted by molar-refractivity contribution is 0.536. The zero-order valence-corrected chi connectivity index (χ0v) is 12.4. The second-order valence-corrected chi connectivity index (χ2v) is 5.58. The fraction of sp³-hybridized carbons (Fsp3) is 0.100. The summed E-state index contributed by atoms with van der Waals surface area (Å²) in [6, 6.07) is 28.3. The Labute approximate surface area is 131 Å². The highest BCUT2D eigenvalue weighted by Crippen LogP contribution is 2.32. The fourth-order valence-electron chi connectivity index (χ4n) is 2.84. The van der Waals surface area contributed by atoms with Crippen molar-refractivity contribution in [1.82, 2.24) is 0 Å². The van der Waals surface area contributed by atoms with Crippen LogP contribution in [0.1, 0.15) is 16.7 Å². The third kappa shape index (κ3) is 2.74. The number of nitrogen functional groups attached to an aromatic ring is 1. The van der Waals surface area contributed by atoms with Crippen molar-refractivity contribution < 1.29 is 0 Å². The summed E-state index contributed by atoms with van der Waals surface area (Å²) < 4.78 is 0. The Morgan fingerprint density at radius 2 is 1.09 bits per heavy atom. The molecule has 0 aliphatic heterocycles. The maximum atomic E-state index is 6.89. The first-order valence-electron chi connectivity index (χ1n) is 7.43. The average molecular weight is 288 g/mol. The van der Waals surface area contributed by atoms with Gasteiger partial charge in [0.1, 0.15) is 0 Å². The van der Waals surface area contributed by atoms with Crippen molar-refractivity contribution in [1.29, 1.82) is 0 Å². The first kappa shape index (κ1) is 14.4. The van der Waals surface area contributed by atoms with Gasteiger partial charge in [0.2, 0.25) is 0 Å². The van der Waals surface area contributed by atoms with Gasteiger partial charge in [0.05, 0.1) is 5.54 Å². The molecule has 0 atom stereocenters. The number of para-hydroxylation sites is 1. The van der Waals surface area contributed by atoms with Gasteiger partial charge in [-0.15, -0.1) is 0 Å². The van der Waals surface area contributed by atoms with Crippen LogP contribution < -0.4 is 11.5 Å². The van der Waals surface area contributed by atoms with Crippen LogP contribution in [0.2, 0.25) is 0 Å². The molecule has 0 radical (unpaired) electrons. The molecule has 0 aromatic heterocycles.